The maximum absolute atomic E-state index is 12.2. The summed E-state index contributed by atoms with van der Waals surface area (Å²) in [6.07, 6.45) is 4.15. The zero-order valence-electron chi connectivity index (χ0n) is 12.2. The fourth-order valence-electron chi connectivity index (χ4n) is 2.93. The molecule has 3 rings (SSSR count). The van der Waals surface area contributed by atoms with Gasteiger partial charge in [0, 0.05) is 11.8 Å². The van der Waals surface area contributed by atoms with Crippen molar-refractivity contribution >= 4 is 9.84 Å². The summed E-state index contributed by atoms with van der Waals surface area (Å²) in [5.41, 5.74) is 1.95. The van der Waals surface area contributed by atoms with Crippen molar-refractivity contribution in [2.75, 3.05) is 6.26 Å². The highest BCUT2D eigenvalue weighted by Gasteiger charge is 2.48. The molecule has 1 aliphatic carbocycles. The first-order chi connectivity index (χ1) is 9.92. The van der Waals surface area contributed by atoms with E-state index in [4.69, 9.17) is 4.52 Å². The molecular weight excluding hydrogens is 288 g/mol. The Balaban J connectivity index is 2.03. The molecule has 0 aliphatic heterocycles. The molecule has 0 radical (unpaired) electrons. The first-order valence-corrected chi connectivity index (χ1v) is 8.92. The molecule has 0 unspecified atom stereocenters. The van der Waals surface area contributed by atoms with Crippen molar-refractivity contribution in [3.63, 3.8) is 0 Å². The molecule has 0 amide bonds. The molecule has 1 aromatic heterocycles. The van der Waals surface area contributed by atoms with Gasteiger partial charge in [0.1, 0.15) is 4.75 Å². The van der Waals surface area contributed by atoms with Gasteiger partial charge in [-0.25, -0.2) is 8.42 Å². The van der Waals surface area contributed by atoms with Crippen LogP contribution >= 0.6 is 0 Å². The molecule has 2 aromatic rings. The van der Waals surface area contributed by atoms with Crippen LogP contribution in [0.4, 0.5) is 0 Å². The molecule has 1 heterocycles. The van der Waals surface area contributed by atoms with Crippen LogP contribution in [0, 0.1) is 6.92 Å². The molecule has 0 atom stereocenters. The maximum Gasteiger partial charge on any atom is 0.257 e. The monoisotopic (exact) mass is 306 g/mol. The number of sulfone groups is 1. The highest BCUT2D eigenvalue weighted by atomic mass is 32.2. The molecule has 0 spiro atoms. The van der Waals surface area contributed by atoms with E-state index in [9.17, 15) is 8.42 Å². The van der Waals surface area contributed by atoms with E-state index in [0.29, 0.717) is 24.6 Å². The summed E-state index contributed by atoms with van der Waals surface area (Å²) in [5, 5.41) is 3.97. The van der Waals surface area contributed by atoms with Crippen LogP contribution in [-0.2, 0) is 14.6 Å². The summed E-state index contributed by atoms with van der Waals surface area (Å²) in [7, 11) is -3.28. The van der Waals surface area contributed by atoms with Gasteiger partial charge in [-0.15, -0.1) is 0 Å². The lowest BCUT2D eigenvalue weighted by molar-refractivity contribution is 0.405. The zero-order chi connectivity index (χ0) is 15.1. The number of hydrogen-bond donors (Lipinski definition) is 0. The van der Waals surface area contributed by atoms with E-state index in [0.717, 1.165) is 24.0 Å². The van der Waals surface area contributed by atoms with E-state index >= 15 is 0 Å². The Hall–Kier alpha value is -1.69. The summed E-state index contributed by atoms with van der Waals surface area (Å²) in [6.45, 7) is 2.00. The average molecular weight is 306 g/mol. The van der Waals surface area contributed by atoms with Gasteiger partial charge in [0.25, 0.3) is 5.89 Å². The molecule has 1 saturated carbocycles. The summed E-state index contributed by atoms with van der Waals surface area (Å²) in [4.78, 5) is 4.37. The number of hydrogen-bond acceptors (Lipinski definition) is 5. The van der Waals surface area contributed by atoms with Crippen LogP contribution in [0.5, 0.6) is 0 Å². The van der Waals surface area contributed by atoms with Gasteiger partial charge >= 0.3 is 0 Å². The summed E-state index contributed by atoms with van der Waals surface area (Å²) in [5.74, 6) is 0.679. The molecule has 0 saturated heterocycles. The summed E-state index contributed by atoms with van der Waals surface area (Å²) < 4.78 is 28.8. The fraction of sp³-hybridized carbons (Fsp3) is 0.467. The standard InChI is InChI=1S/C15H18N2O3S/c1-11-5-7-12(8-6-11)13-16-14(17-20-13)15(21(2,18)19)9-3-4-10-15/h5-8H,3-4,9-10H2,1-2H3. The van der Waals surface area contributed by atoms with Crippen molar-refractivity contribution in [1.82, 2.24) is 10.1 Å². The van der Waals surface area contributed by atoms with Crippen LogP contribution < -0.4 is 0 Å². The van der Waals surface area contributed by atoms with Crippen molar-refractivity contribution in [1.29, 1.82) is 0 Å². The third-order valence-corrected chi connectivity index (χ3v) is 6.26. The first-order valence-electron chi connectivity index (χ1n) is 7.03. The number of aromatic nitrogens is 2. The number of rotatable bonds is 3. The van der Waals surface area contributed by atoms with Crippen LogP contribution in [0.3, 0.4) is 0 Å². The molecular formula is C15H18N2O3S. The third kappa shape index (κ3) is 2.37. The SMILES string of the molecule is Cc1ccc(-c2nc(C3(S(C)(=O)=O)CCCC3)no2)cc1. The lowest BCUT2D eigenvalue weighted by Gasteiger charge is -2.22. The number of benzene rings is 1. The average Bonchev–Trinajstić information content (AvgIpc) is 3.08. The summed E-state index contributed by atoms with van der Waals surface area (Å²) in [6, 6.07) is 7.71. The minimum atomic E-state index is -3.28. The predicted octanol–water partition coefficient (Wildman–Crippen LogP) is 2.86. The van der Waals surface area contributed by atoms with Crippen LogP contribution in [0.2, 0.25) is 0 Å². The number of aryl methyl sites for hydroxylation is 1. The summed E-state index contributed by atoms with van der Waals surface area (Å²) >= 11 is 0. The predicted molar refractivity (Wildman–Crippen MR) is 79.5 cm³/mol. The Kier molecular flexibility index (Phi) is 3.36. The van der Waals surface area contributed by atoms with Gasteiger partial charge in [-0.3, -0.25) is 0 Å². The Morgan fingerprint density at radius 3 is 2.33 bits per heavy atom. The molecule has 0 bridgehead atoms. The second-order valence-corrected chi connectivity index (χ2v) is 8.09. The van der Waals surface area contributed by atoms with Crippen molar-refractivity contribution in [3.05, 3.63) is 35.7 Å². The molecule has 5 nitrogen and oxygen atoms in total. The quantitative estimate of drug-likeness (QED) is 0.871. The molecule has 1 fully saturated rings. The van der Waals surface area contributed by atoms with Crippen molar-refractivity contribution in [2.45, 2.75) is 37.4 Å². The Bertz CT molecular complexity index is 741. The van der Waals surface area contributed by atoms with Gasteiger partial charge in [0.05, 0.1) is 0 Å². The van der Waals surface area contributed by atoms with Gasteiger partial charge in [-0.05, 0) is 31.9 Å². The molecule has 1 aromatic carbocycles. The van der Waals surface area contributed by atoms with Crippen LogP contribution in [0.15, 0.2) is 28.8 Å². The van der Waals surface area contributed by atoms with Crippen molar-refractivity contribution in [2.24, 2.45) is 0 Å². The molecule has 6 heteroatoms. The molecule has 1 aliphatic rings. The van der Waals surface area contributed by atoms with Gasteiger partial charge in [0.2, 0.25) is 0 Å². The maximum atomic E-state index is 12.2. The fourth-order valence-corrected chi connectivity index (χ4v) is 4.37. The highest BCUT2D eigenvalue weighted by Crippen LogP contribution is 2.44. The first kappa shape index (κ1) is 14.3. The van der Waals surface area contributed by atoms with Gasteiger partial charge < -0.3 is 4.52 Å². The Morgan fingerprint density at radius 1 is 1.14 bits per heavy atom. The molecule has 0 N–H and O–H groups in total. The Morgan fingerprint density at radius 2 is 1.76 bits per heavy atom. The minimum absolute atomic E-state index is 0.304. The van der Waals surface area contributed by atoms with E-state index in [1.807, 2.05) is 31.2 Å². The van der Waals surface area contributed by atoms with Crippen molar-refractivity contribution < 1.29 is 12.9 Å². The highest BCUT2D eigenvalue weighted by molar-refractivity contribution is 7.91. The van der Waals surface area contributed by atoms with Gasteiger partial charge in [-0.1, -0.05) is 35.7 Å². The largest absolute Gasteiger partial charge is 0.334 e. The van der Waals surface area contributed by atoms with Crippen molar-refractivity contribution in [3.8, 4) is 11.5 Å². The van der Waals surface area contributed by atoms with E-state index in [2.05, 4.69) is 10.1 Å². The van der Waals surface area contributed by atoms with E-state index < -0.39 is 14.6 Å². The Labute approximate surface area is 124 Å². The van der Waals surface area contributed by atoms with Crippen LogP contribution in [-0.4, -0.2) is 24.8 Å². The lowest BCUT2D eigenvalue weighted by atomic mass is 10.1. The molecule has 21 heavy (non-hydrogen) atoms. The van der Waals surface area contributed by atoms with Gasteiger partial charge in [0.15, 0.2) is 15.7 Å². The topological polar surface area (TPSA) is 73.1 Å². The van der Waals surface area contributed by atoms with Crippen LogP contribution in [0.1, 0.15) is 37.1 Å². The third-order valence-electron chi connectivity index (χ3n) is 4.25. The zero-order valence-corrected chi connectivity index (χ0v) is 13.0. The normalized spacial score (nSPS) is 18.0. The smallest absolute Gasteiger partial charge is 0.257 e. The van der Waals surface area contributed by atoms with E-state index in [1.54, 1.807) is 0 Å². The van der Waals surface area contributed by atoms with E-state index in [1.165, 1.54) is 6.26 Å². The second-order valence-electron chi connectivity index (χ2n) is 5.76. The minimum Gasteiger partial charge on any atom is -0.334 e. The second kappa shape index (κ2) is 4.94. The van der Waals surface area contributed by atoms with E-state index in [-0.39, 0.29) is 0 Å². The van der Waals surface area contributed by atoms with Gasteiger partial charge in [-0.2, -0.15) is 4.98 Å². The van der Waals surface area contributed by atoms with Crippen LogP contribution in [0.25, 0.3) is 11.5 Å². The molecule has 112 valence electrons. The lowest BCUT2D eigenvalue weighted by Crippen LogP contribution is -2.33. The number of nitrogens with zero attached hydrogens (tertiary/aromatic N) is 2.